The van der Waals surface area contributed by atoms with Crippen LogP contribution in [-0.2, 0) is 21.8 Å². The van der Waals surface area contributed by atoms with E-state index in [0.717, 1.165) is 9.87 Å². The minimum atomic E-state index is -4.71. The predicted molar refractivity (Wildman–Crippen MR) is 74.4 cm³/mol. The summed E-state index contributed by atoms with van der Waals surface area (Å²) in [5.41, 5.74) is 0.849. The number of nitrogens with one attached hydrogen (secondary N) is 1. The molecule has 0 radical (unpaired) electrons. The van der Waals surface area contributed by atoms with E-state index in [-0.39, 0.29) is 19.7 Å². The topological polar surface area (TPSA) is 75.7 Å². The molecular weight excluding hydrogens is 299 g/mol. The first-order valence-electron chi connectivity index (χ1n) is 6.63. The first-order chi connectivity index (χ1) is 9.97. The van der Waals surface area contributed by atoms with Crippen LogP contribution in [0, 0.1) is 0 Å². The van der Waals surface area contributed by atoms with Gasteiger partial charge in [0.05, 0.1) is 0 Å². The van der Waals surface area contributed by atoms with Crippen LogP contribution in [0.25, 0.3) is 0 Å². The van der Waals surface area contributed by atoms with Crippen molar-refractivity contribution in [3.63, 3.8) is 0 Å². The summed E-state index contributed by atoms with van der Waals surface area (Å²) in [4.78, 5) is 11.5. The van der Waals surface area contributed by atoms with Gasteiger partial charge in [0.25, 0.3) is 0 Å². The maximum absolute atomic E-state index is 13.0. The fraction of sp³-hybridized carbons (Fsp3) is 0.462. The molecule has 8 heteroatoms. The molecule has 1 amide bonds. The Morgan fingerprint density at radius 2 is 2.10 bits per heavy atom. The number of hydrogen-bond acceptors (Lipinski definition) is 4. The number of ether oxygens (including phenoxy) is 1. The van der Waals surface area contributed by atoms with E-state index in [1.54, 1.807) is 0 Å². The third-order valence-corrected chi connectivity index (χ3v) is 4.34. The Kier molecular flexibility index (Phi) is 5.13. The summed E-state index contributed by atoms with van der Waals surface area (Å²) in [5.74, 6) is 0. The Morgan fingerprint density at radius 3 is 2.76 bits per heavy atom. The Balaban J connectivity index is 1.76. The van der Waals surface area contributed by atoms with Crippen molar-refractivity contribution in [1.29, 1.82) is 0 Å². The first-order valence-corrected chi connectivity index (χ1v) is 7.97. The van der Waals surface area contributed by atoms with Crippen molar-refractivity contribution in [3.05, 3.63) is 35.9 Å². The largest absolute Gasteiger partial charge is 0.445 e. The zero-order chi connectivity index (χ0) is 15.3. The van der Waals surface area contributed by atoms with Gasteiger partial charge in [0.15, 0.2) is 0 Å². The van der Waals surface area contributed by atoms with Gasteiger partial charge in [-0.2, -0.15) is 12.7 Å². The lowest BCUT2D eigenvalue weighted by molar-refractivity contribution is 0.137. The quantitative estimate of drug-likeness (QED) is 0.837. The molecule has 1 saturated heterocycles. The molecule has 0 aliphatic carbocycles. The summed E-state index contributed by atoms with van der Waals surface area (Å²) < 4.78 is 40.6. The molecule has 0 bridgehead atoms. The highest BCUT2D eigenvalue weighted by molar-refractivity contribution is 7.84. The minimum absolute atomic E-state index is 0.0385. The van der Waals surface area contributed by atoms with Gasteiger partial charge in [0, 0.05) is 19.1 Å². The Morgan fingerprint density at radius 1 is 1.38 bits per heavy atom. The number of halogens is 1. The fourth-order valence-electron chi connectivity index (χ4n) is 2.28. The standard InChI is InChI=1S/C13H17FN2O4S/c14-21(18,19)16-8-4-7-12(16)9-15-13(17)20-10-11-5-2-1-3-6-11/h1-3,5-6,12H,4,7-10H2,(H,15,17)/t12-/m0/s1. The van der Waals surface area contributed by atoms with Crippen LogP contribution in [0.1, 0.15) is 18.4 Å². The molecule has 1 atom stereocenters. The lowest BCUT2D eigenvalue weighted by Crippen LogP contribution is -2.41. The second kappa shape index (κ2) is 6.86. The number of carbonyl (C=O) groups is 1. The Bertz CT molecular complexity index is 579. The molecular formula is C13H17FN2O4S. The van der Waals surface area contributed by atoms with E-state index < -0.39 is 22.5 Å². The van der Waals surface area contributed by atoms with Gasteiger partial charge in [0.2, 0.25) is 0 Å². The van der Waals surface area contributed by atoms with Crippen molar-refractivity contribution in [2.75, 3.05) is 13.1 Å². The van der Waals surface area contributed by atoms with Gasteiger partial charge >= 0.3 is 16.5 Å². The molecule has 6 nitrogen and oxygen atoms in total. The van der Waals surface area contributed by atoms with E-state index in [0.29, 0.717) is 12.8 Å². The van der Waals surface area contributed by atoms with Crippen LogP contribution in [0.2, 0.25) is 0 Å². The maximum atomic E-state index is 13.0. The van der Waals surface area contributed by atoms with Crippen molar-refractivity contribution in [2.45, 2.75) is 25.5 Å². The van der Waals surface area contributed by atoms with Gasteiger partial charge in [-0.15, -0.1) is 0 Å². The average molecular weight is 316 g/mol. The lowest BCUT2D eigenvalue weighted by atomic mass is 10.2. The van der Waals surface area contributed by atoms with E-state index in [2.05, 4.69) is 5.32 Å². The molecule has 1 aromatic carbocycles. The number of benzene rings is 1. The molecule has 1 N–H and O–H groups in total. The summed E-state index contributed by atoms with van der Waals surface area (Å²) in [6.07, 6.45) is 0.443. The van der Waals surface area contributed by atoms with Crippen molar-refractivity contribution >= 4 is 16.5 Å². The van der Waals surface area contributed by atoms with Gasteiger partial charge in [-0.25, -0.2) is 4.79 Å². The van der Waals surface area contributed by atoms with Crippen LogP contribution < -0.4 is 5.32 Å². The first kappa shape index (κ1) is 15.7. The Hall–Kier alpha value is -1.67. The smallest absolute Gasteiger partial charge is 0.407 e. The van der Waals surface area contributed by atoms with Crippen molar-refractivity contribution < 1.29 is 21.8 Å². The normalized spacial score (nSPS) is 19.4. The number of carbonyl (C=O) groups excluding carboxylic acids is 1. The lowest BCUT2D eigenvalue weighted by Gasteiger charge is -2.19. The van der Waals surface area contributed by atoms with Gasteiger partial charge < -0.3 is 10.1 Å². The molecule has 1 aromatic rings. The monoisotopic (exact) mass is 316 g/mol. The van der Waals surface area contributed by atoms with Crippen molar-refractivity contribution in [1.82, 2.24) is 9.62 Å². The zero-order valence-electron chi connectivity index (χ0n) is 11.4. The highest BCUT2D eigenvalue weighted by Crippen LogP contribution is 2.21. The van der Waals surface area contributed by atoms with Gasteiger partial charge in [-0.3, -0.25) is 0 Å². The molecule has 0 saturated carbocycles. The molecule has 116 valence electrons. The molecule has 1 fully saturated rings. The van der Waals surface area contributed by atoms with Gasteiger partial charge in [-0.05, 0) is 18.4 Å². The van der Waals surface area contributed by atoms with Gasteiger partial charge in [0.1, 0.15) is 6.61 Å². The van der Waals surface area contributed by atoms with E-state index in [4.69, 9.17) is 4.74 Å². The van der Waals surface area contributed by atoms with Crippen molar-refractivity contribution in [3.8, 4) is 0 Å². The highest BCUT2D eigenvalue weighted by Gasteiger charge is 2.34. The predicted octanol–water partition coefficient (Wildman–Crippen LogP) is 1.59. The molecule has 0 spiro atoms. The second-order valence-electron chi connectivity index (χ2n) is 4.79. The molecule has 21 heavy (non-hydrogen) atoms. The van der Waals surface area contributed by atoms with Crippen LogP contribution in [0.15, 0.2) is 30.3 Å². The van der Waals surface area contributed by atoms with E-state index in [1.165, 1.54) is 0 Å². The summed E-state index contributed by atoms with van der Waals surface area (Å²) >= 11 is 0. The number of alkyl carbamates (subject to hydrolysis) is 1. The highest BCUT2D eigenvalue weighted by atomic mass is 32.3. The third kappa shape index (κ3) is 4.68. The minimum Gasteiger partial charge on any atom is -0.445 e. The molecule has 0 aromatic heterocycles. The van der Waals surface area contributed by atoms with E-state index in [9.17, 15) is 17.1 Å². The number of nitrogens with zero attached hydrogens (tertiary/aromatic N) is 1. The van der Waals surface area contributed by atoms with E-state index in [1.807, 2.05) is 30.3 Å². The van der Waals surface area contributed by atoms with Gasteiger partial charge in [-0.1, -0.05) is 34.2 Å². The van der Waals surface area contributed by atoms with Crippen LogP contribution >= 0.6 is 0 Å². The number of rotatable bonds is 5. The number of hydrogen-bond donors (Lipinski definition) is 1. The molecule has 1 heterocycles. The molecule has 1 aliphatic heterocycles. The maximum Gasteiger partial charge on any atom is 0.407 e. The second-order valence-corrected chi connectivity index (χ2v) is 6.08. The molecule has 0 unspecified atom stereocenters. The number of amides is 1. The van der Waals surface area contributed by atoms with Crippen LogP contribution in [0.4, 0.5) is 8.68 Å². The summed E-state index contributed by atoms with van der Waals surface area (Å²) in [7, 11) is -4.71. The summed E-state index contributed by atoms with van der Waals surface area (Å²) in [5, 5.41) is 2.46. The van der Waals surface area contributed by atoms with E-state index >= 15 is 0 Å². The summed E-state index contributed by atoms with van der Waals surface area (Å²) in [6, 6.07) is 8.61. The molecule has 2 rings (SSSR count). The van der Waals surface area contributed by atoms with Crippen LogP contribution in [0.5, 0.6) is 0 Å². The SMILES string of the molecule is O=C(NC[C@@H]1CCCN1S(=O)(=O)F)OCc1ccccc1. The van der Waals surface area contributed by atoms with Crippen LogP contribution in [0.3, 0.4) is 0 Å². The van der Waals surface area contributed by atoms with Crippen molar-refractivity contribution in [2.24, 2.45) is 0 Å². The fourth-order valence-corrected chi connectivity index (χ4v) is 3.16. The average Bonchev–Trinajstić information content (AvgIpc) is 2.92. The Labute approximate surface area is 123 Å². The molecule has 1 aliphatic rings. The summed E-state index contributed by atoms with van der Waals surface area (Å²) in [6.45, 7) is 0.309. The van der Waals surface area contributed by atoms with Crippen LogP contribution in [-0.4, -0.2) is 37.9 Å². The third-order valence-electron chi connectivity index (χ3n) is 3.30. The zero-order valence-corrected chi connectivity index (χ0v) is 12.2.